The number of pyridine rings is 1. The number of hydrogen-bond donors (Lipinski definition) is 5. The molecule has 0 aliphatic rings. The summed E-state index contributed by atoms with van der Waals surface area (Å²) in [5.74, 6) is -2.75. The van der Waals surface area contributed by atoms with Gasteiger partial charge in [0, 0.05) is 11.1 Å². The van der Waals surface area contributed by atoms with Crippen LogP contribution in [0.5, 0.6) is 5.75 Å². The van der Waals surface area contributed by atoms with Gasteiger partial charge in [-0.3, -0.25) is 14.4 Å². The topological polar surface area (TPSA) is 146 Å². The molecule has 104 valence electrons. The van der Waals surface area contributed by atoms with E-state index in [-0.39, 0.29) is 10.9 Å². The number of rotatable bonds is 3. The fourth-order valence-corrected chi connectivity index (χ4v) is 1.75. The van der Waals surface area contributed by atoms with E-state index in [0.717, 1.165) is 0 Å². The minimum Gasteiger partial charge on any atom is -0.506 e. The van der Waals surface area contributed by atoms with E-state index in [9.17, 15) is 19.5 Å². The summed E-state index contributed by atoms with van der Waals surface area (Å²) in [4.78, 5) is 36.3. The normalized spacial score (nSPS) is 10.4. The van der Waals surface area contributed by atoms with E-state index in [4.69, 9.17) is 10.8 Å². The molecule has 2 rings (SSSR count). The van der Waals surface area contributed by atoms with Gasteiger partial charge >= 0.3 is 5.97 Å². The van der Waals surface area contributed by atoms with Crippen molar-refractivity contribution in [2.45, 2.75) is 0 Å². The maximum Gasteiger partial charge on any atom is 0.322 e. The lowest BCUT2D eigenvalue weighted by Crippen LogP contribution is -2.33. The van der Waals surface area contributed by atoms with Crippen LogP contribution in [0.2, 0.25) is 0 Å². The summed E-state index contributed by atoms with van der Waals surface area (Å²) in [6.07, 6.45) is 0. The van der Waals surface area contributed by atoms with Crippen LogP contribution in [0, 0.1) is 0 Å². The summed E-state index contributed by atoms with van der Waals surface area (Å²) in [6.45, 7) is -0.655. The summed E-state index contributed by atoms with van der Waals surface area (Å²) in [6, 6.07) is 4.39. The molecule has 8 heteroatoms. The molecule has 0 atom stereocenters. The largest absolute Gasteiger partial charge is 0.506 e. The Kier molecular flexibility index (Phi) is 3.30. The number of aromatic hydroxyl groups is 1. The van der Waals surface area contributed by atoms with Crippen LogP contribution >= 0.6 is 0 Å². The quantitative estimate of drug-likeness (QED) is 0.484. The van der Waals surface area contributed by atoms with Gasteiger partial charge < -0.3 is 26.2 Å². The standard InChI is InChI=1S/C12H11N3O5/c13-5-1-2-6-7(3-5)15-12(20)9(10(6)18)11(19)14-4-8(16)17/h1-3H,4,13H2,(H,14,19)(H,16,17)(H2,15,18,20). The zero-order valence-corrected chi connectivity index (χ0v) is 10.1. The van der Waals surface area contributed by atoms with Gasteiger partial charge in [-0.15, -0.1) is 0 Å². The first kappa shape index (κ1) is 13.4. The van der Waals surface area contributed by atoms with Gasteiger partial charge in [0.05, 0.1) is 5.52 Å². The first-order chi connectivity index (χ1) is 9.40. The number of anilines is 1. The summed E-state index contributed by atoms with van der Waals surface area (Å²) < 4.78 is 0. The first-order valence-corrected chi connectivity index (χ1v) is 5.54. The van der Waals surface area contributed by atoms with E-state index in [2.05, 4.69) is 4.98 Å². The Morgan fingerprint density at radius 3 is 2.70 bits per heavy atom. The van der Waals surface area contributed by atoms with Gasteiger partial charge in [0.1, 0.15) is 17.9 Å². The third kappa shape index (κ3) is 2.39. The number of amides is 1. The molecule has 6 N–H and O–H groups in total. The van der Waals surface area contributed by atoms with Crippen LogP contribution in [-0.4, -0.2) is 33.6 Å². The molecule has 0 unspecified atom stereocenters. The molecule has 0 saturated carbocycles. The van der Waals surface area contributed by atoms with Crippen molar-refractivity contribution < 1.29 is 19.8 Å². The Balaban J connectivity index is 2.54. The lowest BCUT2D eigenvalue weighted by molar-refractivity contribution is -0.135. The van der Waals surface area contributed by atoms with Crippen LogP contribution in [0.25, 0.3) is 10.9 Å². The van der Waals surface area contributed by atoms with Crippen LogP contribution in [-0.2, 0) is 4.79 Å². The van der Waals surface area contributed by atoms with Crippen molar-refractivity contribution in [2.75, 3.05) is 12.3 Å². The van der Waals surface area contributed by atoms with Gasteiger partial charge in [-0.2, -0.15) is 0 Å². The monoisotopic (exact) mass is 277 g/mol. The van der Waals surface area contributed by atoms with Gasteiger partial charge in [-0.05, 0) is 18.2 Å². The predicted molar refractivity (Wildman–Crippen MR) is 70.6 cm³/mol. The van der Waals surface area contributed by atoms with Crippen LogP contribution in [0.1, 0.15) is 10.4 Å². The van der Waals surface area contributed by atoms with Gasteiger partial charge in [0.15, 0.2) is 0 Å². The van der Waals surface area contributed by atoms with Crippen molar-refractivity contribution in [1.82, 2.24) is 10.3 Å². The average molecular weight is 277 g/mol. The van der Waals surface area contributed by atoms with E-state index in [1.54, 1.807) is 0 Å². The molecule has 0 spiro atoms. The number of benzene rings is 1. The first-order valence-electron chi connectivity index (χ1n) is 5.54. The Morgan fingerprint density at radius 1 is 1.35 bits per heavy atom. The van der Waals surface area contributed by atoms with Crippen molar-refractivity contribution in [1.29, 1.82) is 0 Å². The predicted octanol–water partition coefficient (Wildman–Crippen LogP) is -0.370. The number of nitrogen functional groups attached to an aromatic ring is 1. The van der Waals surface area contributed by atoms with Crippen molar-refractivity contribution in [3.8, 4) is 5.75 Å². The second-order valence-electron chi connectivity index (χ2n) is 4.06. The van der Waals surface area contributed by atoms with E-state index < -0.39 is 35.3 Å². The van der Waals surface area contributed by atoms with Crippen LogP contribution < -0.4 is 16.6 Å². The number of fused-ring (bicyclic) bond motifs is 1. The maximum absolute atomic E-state index is 11.8. The van der Waals surface area contributed by atoms with Crippen molar-refractivity contribution in [3.63, 3.8) is 0 Å². The Morgan fingerprint density at radius 2 is 2.05 bits per heavy atom. The fourth-order valence-electron chi connectivity index (χ4n) is 1.75. The van der Waals surface area contributed by atoms with E-state index in [0.29, 0.717) is 5.69 Å². The number of carboxylic acids is 1. The lowest BCUT2D eigenvalue weighted by atomic mass is 10.1. The lowest BCUT2D eigenvalue weighted by Gasteiger charge is -2.07. The Bertz CT molecular complexity index is 766. The van der Waals surface area contributed by atoms with E-state index >= 15 is 0 Å². The van der Waals surface area contributed by atoms with Gasteiger partial charge in [0.25, 0.3) is 11.5 Å². The third-order valence-electron chi connectivity index (χ3n) is 2.64. The number of aromatic nitrogens is 1. The average Bonchev–Trinajstić information content (AvgIpc) is 2.35. The molecule has 2 aromatic rings. The number of carbonyl (C=O) groups is 2. The second-order valence-corrected chi connectivity index (χ2v) is 4.06. The highest BCUT2D eigenvalue weighted by Crippen LogP contribution is 2.25. The highest BCUT2D eigenvalue weighted by Gasteiger charge is 2.19. The van der Waals surface area contributed by atoms with E-state index in [1.807, 2.05) is 5.32 Å². The number of hydrogen-bond acceptors (Lipinski definition) is 5. The smallest absolute Gasteiger partial charge is 0.322 e. The number of nitrogens with two attached hydrogens (primary N) is 1. The SMILES string of the molecule is Nc1ccc2c(O)c(C(=O)NCC(=O)O)c(=O)[nH]c2c1. The summed E-state index contributed by atoms with van der Waals surface area (Å²) in [5.41, 5.74) is 4.85. The molecular formula is C12H11N3O5. The van der Waals surface area contributed by atoms with Crippen LogP contribution in [0.4, 0.5) is 5.69 Å². The van der Waals surface area contributed by atoms with Gasteiger partial charge in [0.2, 0.25) is 0 Å². The molecular weight excluding hydrogens is 266 g/mol. The molecule has 0 saturated heterocycles. The number of aliphatic carboxylic acids is 1. The van der Waals surface area contributed by atoms with Crippen molar-refractivity contribution in [2.24, 2.45) is 0 Å². The van der Waals surface area contributed by atoms with Gasteiger partial charge in [-0.25, -0.2) is 0 Å². The molecule has 0 bridgehead atoms. The number of carbonyl (C=O) groups excluding carboxylic acids is 1. The Hall–Kier alpha value is -3.03. The molecule has 0 aliphatic carbocycles. The highest BCUT2D eigenvalue weighted by molar-refractivity contribution is 6.03. The summed E-state index contributed by atoms with van der Waals surface area (Å²) in [7, 11) is 0. The van der Waals surface area contributed by atoms with Crippen LogP contribution in [0.3, 0.4) is 0 Å². The van der Waals surface area contributed by atoms with E-state index in [1.165, 1.54) is 18.2 Å². The van der Waals surface area contributed by atoms with Gasteiger partial charge in [-0.1, -0.05) is 0 Å². The third-order valence-corrected chi connectivity index (χ3v) is 2.64. The molecule has 8 nitrogen and oxygen atoms in total. The zero-order chi connectivity index (χ0) is 14.9. The summed E-state index contributed by atoms with van der Waals surface area (Å²) in [5, 5.41) is 20.7. The second kappa shape index (κ2) is 4.92. The zero-order valence-electron chi connectivity index (χ0n) is 10.1. The number of aromatic amines is 1. The molecule has 0 aliphatic heterocycles. The number of nitrogens with one attached hydrogen (secondary N) is 2. The highest BCUT2D eigenvalue weighted by atomic mass is 16.4. The molecule has 0 fully saturated rings. The maximum atomic E-state index is 11.8. The number of H-pyrrole nitrogens is 1. The van der Waals surface area contributed by atoms with Crippen LogP contribution in [0.15, 0.2) is 23.0 Å². The molecule has 1 heterocycles. The minimum absolute atomic E-state index is 0.235. The number of carboxylic acid groups (broad SMARTS) is 1. The fraction of sp³-hybridized carbons (Fsp3) is 0.0833. The van der Waals surface area contributed by atoms with Crippen molar-refractivity contribution >= 4 is 28.5 Å². The van der Waals surface area contributed by atoms with Crippen molar-refractivity contribution in [3.05, 3.63) is 34.1 Å². The molecule has 1 aromatic heterocycles. The molecule has 0 radical (unpaired) electrons. The molecule has 20 heavy (non-hydrogen) atoms. The minimum atomic E-state index is -1.26. The molecule has 1 amide bonds. The molecule has 1 aromatic carbocycles. The summed E-state index contributed by atoms with van der Waals surface area (Å²) >= 11 is 0. The Labute approximate surface area is 111 Å².